The number of hydrogen-bond donors (Lipinski definition) is 0. The molecular formula is C23H23GeN2O+. The van der Waals surface area contributed by atoms with Gasteiger partial charge in [-0.05, 0) is 0 Å². The summed E-state index contributed by atoms with van der Waals surface area (Å²) in [6.07, 6.45) is 2.16. The van der Waals surface area contributed by atoms with Crippen molar-refractivity contribution in [1.29, 1.82) is 5.26 Å². The SMILES string of the molecule is Cc1ccc2c(oc3cc(C#N)ccc32)c1-c1c[c]([Ge]([CH3])([CH3])[CH3])cc[n+]1C. The van der Waals surface area contributed by atoms with Crippen LogP contribution < -0.4 is 8.96 Å². The van der Waals surface area contributed by atoms with E-state index >= 15 is 0 Å². The third-order valence-electron chi connectivity index (χ3n) is 5.25. The molecule has 27 heavy (non-hydrogen) atoms. The van der Waals surface area contributed by atoms with Crippen molar-refractivity contribution >= 4 is 39.6 Å². The predicted octanol–water partition coefficient (Wildman–Crippen LogP) is 4.80. The zero-order valence-corrected chi connectivity index (χ0v) is 18.5. The van der Waals surface area contributed by atoms with Crippen molar-refractivity contribution in [2.75, 3.05) is 0 Å². The molecule has 0 atom stereocenters. The van der Waals surface area contributed by atoms with Gasteiger partial charge in [-0.2, -0.15) is 0 Å². The molecule has 0 spiro atoms. The fourth-order valence-corrected chi connectivity index (χ4v) is 6.01. The molecule has 0 aliphatic carbocycles. The Morgan fingerprint density at radius 2 is 1.74 bits per heavy atom. The number of rotatable bonds is 2. The average molecular weight is 416 g/mol. The van der Waals surface area contributed by atoms with Gasteiger partial charge in [0.25, 0.3) is 0 Å². The zero-order chi connectivity index (χ0) is 19.3. The Morgan fingerprint density at radius 3 is 2.44 bits per heavy atom. The van der Waals surface area contributed by atoms with Gasteiger partial charge >= 0.3 is 162 Å². The summed E-state index contributed by atoms with van der Waals surface area (Å²) in [5.74, 6) is 7.24. The van der Waals surface area contributed by atoms with Crippen LogP contribution in [0.4, 0.5) is 0 Å². The van der Waals surface area contributed by atoms with Crippen molar-refractivity contribution in [2.24, 2.45) is 7.05 Å². The number of benzene rings is 2. The average Bonchev–Trinajstić information content (AvgIpc) is 2.99. The van der Waals surface area contributed by atoms with Crippen LogP contribution in [0.1, 0.15) is 11.1 Å². The summed E-state index contributed by atoms with van der Waals surface area (Å²) in [7, 11) is 2.09. The molecule has 0 aliphatic rings. The molecule has 2 aromatic carbocycles. The van der Waals surface area contributed by atoms with E-state index in [2.05, 4.69) is 72.3 Å². The summed E-state index contributed by atoms with van der Waals surface area (Å²) in [4.78, 5) is 0. The topological polar surface area (TPSA) is 40.8 Å². The molecule has 2 heterocycles. The zero-order valence-electron chi connectivity index (χ0n) is 16.4. The first kappa shape index (κ1) is 17.8. The molecule has 0 radical (unpaired) electrons. The Morgan fingerprint density at radius 1 is 1.00 bits per heavy atom. The summed E-state index contributed by atoms with van der Waals surface area (Å²) in [5, 5.41) is 11.4. The first-order valence-corrected chi connectivity index (χ1v) is 16.5. The third kappa shape index (κ3) is 2.94. The number of pyridine rings is 1. The Bertz CT molecular complexity index is 1240. The second kappa shape index (κ2) is 6.25. The molecule has 0 N–H and O–H groups in total. The molecule has 0 saturated heterocycles. The molecule has 134 valence electrons. The van der Waals surface area contributed by atoms with Gasteiger partial charge in [0, 0.05) is 0 Å². The Balaban J connectivity index is 2.08. The molecule has 4 aromatic rings. The van der Waals surface area contributed by atoms with Crippen LogP contribution in [0.3, 0.4) is 0 Å². The molecular weight excluding hydrogens is 393 g/mol. The number of aromatic nitrogens is 1. The van der Waals surface area contributed by atoms with Crippen LogP contribution in [0.5, 0.6) is 0 Å². The van der Waals surface area contributed by atoms with Crippen molar-refractivity contribution < 1.29 is 8.98 Å². The monoisotopic (exact) mass is 417 g/mol. The number of fused-ring (bicyclic) bond motifs is 3. The minimum absolute atomic E-state index is 0.619. The van der Waals surface area contributed by atoms with Gasteiger partial charge < -0.3 is 0 Å². The Kier molecular flexibility index (Phi) is 4.12. The number of furan rings is 1. The maximum absolute atomic E-state index is 9.20. The van der Waals surface area contributed by atoms with E-state index in [1.54, 1.807) is 0 Å². The quantitative estimate of drug-likeness (QED) is 0.348. The Labute approximate surface area is 162 Å². The summed E-state index contributed by atoms with van der Waals surface area (Å²) in [6, 6.07) is 16.8. The van der Waals surface area contributed by atoms with Crippen LogP contribution in [0.2, 0.25) is 17.3 Å². The van der Waals surface area contributed by atoms with Crippen LogP contribution in [0.15, 0.2) is 53.1 Å². The molecule has 4 heteroatoms. The van der Waals surface area contributed by atoms with Crippen LogP contribution in [-0.2, 0) is 7.05 Å². The van der Waals surface area contributed by atoms with Gasteiger partial charge in [0.15, 0.2) is 0 Å². The predicted molar refractivity (Wildman–Crippen MR) is 113 cm³/mol. The van der Waals surface area contributed by atoms with E-state index in [1.807, 2.05) is 18.2 Å². The van der Waals surface area contributed by atoms with Gasteiger partial charge in [-0.3, -0.25) is 0 Å². The van der Waals surface area contributed by atoms with E-state index in [0.717, 1.165) is 27.5 Å². The van der Waals surface area contributed by atoms with Crippen molar-refractivity contribution in [3.05, 3.63) is 59.8 Å². The van der Waals surface area contributed by atoms with Gasteiger partial charge in [-0.1, -0.05) is 0 Å². The molecule has 0 aliphatic heterocycles. The number of nitrogens with zero attached hydrogens (tertiary/aromatic N) is 2. The molecule has 2 aromatic heterocycles. The summed E-state index contributed by atoms with van der Waals surface area (Å²) < 4.78 is 9.94. The van der Waals surface area contributed by atoms with Crippen molar-refractivity contribution in [2.45, 2.75) is 24.2 Å². The number of aryl methyl sites for hydroxylation is 2. The van der Waals surface area contributed by atoms with Crippen molar-refractivity contribution in [1.82, 2.24) is 0 Å². The molecule has 0 saturated carbocycles. The molecule has 0 fully saturated rings. The van der Waals surface area contributed by atoms with E-state index in [-0.39, 0.29) is 0 Å². The minimum atomic E-state index is -1.95. The summed E-state index contributed by atoms with van der Waals surface area (Å²) >= 11 is -1.95. The van der Waals surface area contributed by atoms with Gasteiger partial charge in [0.1, 0.15) is 0 Å². The fraction of sp³-hybridized carbons (Fsp3) is 0.217. The molecule has 0 amide bonds. The summed E-state index contributed by atoms with van der Waals surface area (Å²) in [5.41, 5.74) is 5.79. The second-order valence-corrected chi connectivity index (χ2v) is 18.9. The first-order valence-electron chi connectivity index (χ1n) is 9.16. The van der Waals surface area contributed by atoms with Crippen LogP contribution in [0, 0.1) is 18.3 Å². The Hall–Kier alpha value is -2.58. The summed E-state index contributed by atoms with van der Waals surface area (Å²) in [6.45, 7) is 2.13. The molecule has 3 nitrogen and oxygen atoms in total. The number of nitriles is 1. The second-order valence-electron chi connectivity index (χ2n) is 8.22. The molecule has 4 rings (SSSR count). The van der Waals surface area contributed by atoms with E-state index in [9.17, 15) is 5.26 Å². The van der Waals surface area contributed by atoms with Crippen LogP contribution in [-0.4, -0.2) is 13.3 Å². The van der Waals surface area contributed by atoms with E-state index < -0.39 is 13.3 Å². The van der Waals surface area contributed by atoms with Crippen LogP contribution in [0.25, 0.3) is 33.2 Å². The van der Waals surface area contributed by atoms with E-state index in [0.29, 0.717) is 5.56 Å². The van der Waals surface area contributed by atoms with E-state index in [4.69, 9.17) is 4.42 Å². The van der Waals surface area contributed by atoms with Gasteiger partial charge in [-0.25, -0.2) is 0 Å². The molecule has 0 unspecified atom stereocenters. The standard InChI is InChI=1S/C23H23GeN2O/c1-15-6-8-19-18-9-7-16(14-25)12-21(18)27-23(19)22(15)20-13-17(24(2,3)4)10-11-26(20)5/h6-13H,1-5H3/q+1. The van der Waals surface area contributed by atoms with Gasteiger partial charge in [0.2, 0.25) is 0 Å². The third-order valence-corrected chi connectivity index (χ3v) is 9.54. The van der Waals surface area contributed by atoms with Crippen molar-refractivity contribution in [3.8, 4) is 17.3 Å². The first-order chi connectivity index (χ1) is 12.8. The van der Waals surface area contributed by atoms with Crippen molar-refractivity contribution in [3.63, 3.8) is 0 Å². The van der Waals surface area contributed by atoms with E-state index in [1.165, 1.54) is 15.7 Å². The number of hydrogen-bond acceptors (Lipinski definition) is 2. The maximum atomic E-state index is 9.20. The van der Waals surface area contributed by atoms with Gasteiger partial charge in [-0.15, -0.1) is 0 Å². The van der Waals surface area contributed by atoms with Gasteiger partial charge in [0.05, 0.1) is 0 Å². The fourth-order valence-electron chi connectivity index (χ4n) is 3.61. The normalized spacial score (nSPS) is 11.9. The van der Waals surface area contributed by atoms with Crippen LogP contribution >= 0.6 is 0 Å². The molecule has 0 bridgehead atoms.